The van der Waals surface area contributed by atoms with Crippen molar-refractivity contribution in [2.24, 2.45) is 5.92 Å². The van der Waals surface area contributed by atoms with Crippen molar-refractivity contribution in [1.29, 1.82) is 0 Å². The summed E-state index contributed by atoms with van der Waals surface area (Å²) in [6.45, 7) is 4.80. The number of carbonyl (C=O) groups is 1. The molecule has 6 nitrogen and oxygen atoms in total. The maximum absolute atomic E-state index is 12.3. The summed E-state index contributed by atoms with van der Waals surface area (Å²) in [6, 6.07) is 13.3. The van der Waals surface area contributed by atoms with Crippen molar-refractivity contribution in [3.05, 3.63) is 64.4 Å². The molecule has 132 valence electrons. The third kappa shape index (κ3) is 2.54. The summed E-state index contributed by atoms with van der Waals surface area (Å²) < 4.78 is 3.84. The highest BCUT2D eigenvalue weighted by Gasteiger charge is 2.29. The summed E-state index contributed by atoms with van der Waals surface area (Å²) in [5, 5.41) is 14.0. The van der Waals surface area contributed by atoms with E-state index in [1.807, 2.05) is 45.6 Å². The Balaban J connectivity index is 1.93. The Morgan fingerprint density at radius 1 is 1.19 bits per heavy atom. The molecule has 1 unspecified atom stereocenters. The normalized spacial score (nSPS) is 15.6. The molecular formula is C20H19N3O3. The molecule has 1 aromatic carbocycles. The second-order valence-electron chi connectivity index (χ2n) is 6.92. The highest BCUT2D eigenvalue weighted by atomic mass is 16.4. The Morgan fingerprint density at radius 3 is 2.58 bits per heavy atom. The Morgan fingerprint density at radius 2 is 1.92 bits per heavy atom. The van der Waals surface area contributed by atoms with Crippen LogP contribution < -0.4 is 5.43 Å². The first kappa shape index (κ1) is 16.3. The second-order valence-corrected chi connectivity index (χ2v) is 6.92. The lowest BCUT2D eigenvalue weighted by molar-refractivity contribution is 0.0694. The number of aromatic nitrogens is 3. The molecule has 26 heavy (non-hydrogen) atoms. The Bertz CT molecular complexity index is 1050. The minimum absolute atomic E-state index is 0.0275. The van der Waals surface area contributed by atoms with Crippen molar-refractivity contribution in [3.8, 4) is 22.6 Å². The van der Waals surface area contributed by atoms with Crippen molar-refractivity contribution < 1.29 is 9.90 Å². The van der Waals surface area contributed by atoms with Crippen LogP contribution in [0, 0.1) is 5.92 Å². The van der Waals surface area contributed by atoms with Crippen molar-refractivity contribution in [1.82, 2.24) is 14.3 Å². The van der Waals surface area contributed by atoms with Crippen LogP contribution in [0.5, 0.6) is 0 Å². The SMILES string of the molecule is CC(C)C1Cn2nc(-c3ccccc3)cc2-c2cc(=O)c(C(=O)O)cn21. The average Bonchev–Trinajstić information content (AvgIpc) is 3.05. The van der Waals surface area contributed by atoms with Crippen molar-refractivity contribution in [2.45, 2.75) is 26.4 Å². The van der Waals surface area contributed by atoms with E-state index in [1.165, 1.54) is 12.3 Å². The summed E-state index contributed by atoms with van der Waals surface area (Å²) >= 11 is 0. The largest absolute Gasteiger partial charge is 0.477 e. The van der Waals surface area contributed by atoms with Gasteiger partial charge in [0.1, 0.15) is 5.56 Å². The third-order valence-corrected chi connectivity index (χ3v) is 4.91. The number of rotatable bonds is 3. The highest BCUT2D eigenvalue weighted by molar-refractivity contribution is 5.87. The maximum Gasteiger partial charge on any atom is 0.341 e. The molecule has 1 aliphatic rings. The molecule has 6 heteroatoms. The molecular weight excluding hydrogens is 330 g/mol. The number of fused-ring (bicyclic) bond motifs is 3. The molecule has 0 bridgehead atoms. The number of pyridine rings is 1. The van der Waals surface area contributed by atoms with E-state index in [4.69, 9.17) is 5.10 Å². The summed E-state index contributed by atoms with van der Waals surface area (Å²) in [5.74, 6) is -0.938. The van der Waals surface area contributed by atoms with Gasteiger partial charge in [-0.2, -0.15) is 5.10 Å². The van der Waals surface area contributed by atoms with Crippen LogP contribution >= 0.6 is 0 Å². The quantitative estimate of drug-likeness (QED) is 0.787. The van der Waals surface area contributed by atoms with Crippen LogP contribution in [-0.2, 0) is 6.54 Å². The minimum Gasteiger partial charge on any atom is -0.477 e. The van der Waals surface area contributed by atoms with Gasteiger partial charge >= 0.3 is 5.97 Å². The van der Waals surface area contributed by atoms with Crippen LogP contribution in [0.2, 0.25) is 0 Å². The molecule has 0 aliphatic carbocycles. The van der Waals surface area contributed by atoms with E-state index in [-0.39, 0.29) is 17.5 Å². The van der Waals surface area contributed by atoms with Crippen LogP contribution in [0.25, 0.3) is 22.6 Å². The van der Waals surface area contributed by atoms with Gasteiger partial charge in [0.15, 0.2) is 5.43 Å². The third-order valence-electron chi connectivity index (χ3n) is 4.91. The summed E-state index contributed by atoms with van der Waals surface area (Å²) in [4.78, 5) is 23.7. The lowest BCUT2D eigenvalue weighted by atomic mass is 9.99. The fraction of sp³-hybridized carbons (Fsp3) is 0.250. The number of benzene rings is 1. The fourth-order valence-electron chi connectivity index (χ4n) is 3.50. The van der Waals surface area contributed by atoms with Gasteiger partial charge in [0.25, 0.3) is 0 Å². The number of nitrogens with zero attached hydrogens (tertiary/aromatic N) is 3. The van der Waals surface area contributed by atoms with Crippen LogP contribution in [0.15, 0.2) is 53.5 Å². The van der Waals surface area contributed by atoms with Gasteiger partial charge in [-0.25, -0.2) is 4.79 Å². The van der Waals surface area contributed by atoms with Crippen LogP contribution in [0.3, 0.4) is 0 Å². The fourth-order valence-corrected chi connectivity index (χ4v) is 3.50. The highest BCUT2D eigenvalue weighted by Crippen LogP contribution is 2.35. The van der Waals surface area contributed by atoms with Crippen LogP contribution in [-0.4, -0.2) is 25.4 Å². The van der Waals surface area contributed by atoms with Gasteiger partial charge in [-0.15, -0.1) is 0 Å². The average molecular weight is 349 g/mol. The molecule has 0 radical (unpaired) electrons. The number of hydrogen-bond acceptors (Lipinski definition) is 3. The van der Waals surface area contributed by atoms with Gasteiger partial charge in [0, 0.05) is 17.8 Å². The first-order valence-electron chi connectivity index (χ1n) is 8.59. The van der Waals surface area contributed by atoms with E-state index < -0.39 is 11.4 Å². The number of carboxylic acid groups (broad SMARTS) is 1. The molecule has 3 heterocycles. The lowest BCUT2D eigenvalue weighted by Crippen LogP contribution is -2.31. The van der Waals surface area contributed by atoms with Gasteiger partial charge in [-0.05, 0) is 12.0 Å². The first-order chi connectivity index (χ1) is 12.5. The summed E-state index contributed by atoms with van der Waals surface area (Å²) in [6.07, 6.45) is 1.48. The molecule has 0 fully saturated rings. The van der Waals surface area contributed by atoms with E-state index in [0.717, 1.165) is 17.0 Å². The van der Waals surface area contributed by atoms with Gasteiger partial charge in [-0.1, -0.05) is 44.2 Å². The van der Waals surface area contributed by atoms with E-state index in [1.54, 1.807) is 0 Å². The van der Waals surface area contributed by atoms with Gasteiger partial charge in [-0.3, -0.25) is 9.48 Å². The molecule has 3 aromatic rings. The zero-order chi connectivity index (χ0) is 18.4. The molecule has 0 saturated carbocycles. The van der Waals surface area contributed by atoms with E-state index in [9.17, 15) is 14.7 Å². The summed E-state index contributed by atoms with van der Waals surface area (Å²) in [7, 11) is 0. The molecule has 0 spiro atoms. The molecule has 1 aliphatic heterocycles. The predicted molar refractivity (Wildman–Crippen MR) is 98.2 cm³/mol. The zero-order valence-electron chi connectivity index (χ0n) is 14.6. The molecule has 0 saturated heterocycles. The number of hydrogen-bond donors (Lipinski definition) is 1. The number of aromatic carboxylic acids is 1. The smallest absolute Gasteiger partial charge is 0.341 e. The molecule has 0 amide bonds. The van der Waals surface area contributed by atoms with Crippen LogP contribution in [0.1, 0.15) is 30.2 Å². The van der Waals surface area contributed by atoms with Crippen LogP contribution in [0.4, 0.5) is 0 Å². The lowest BCUT2D eigenvalue weighted by Gasteiger charge is -2.32. The van der Waals surface area contributed by atoms with Gasteiger partial charge < -0.3 is 9.67 Å². The predicted octanol–water partition coefficient (Wildman–Crippen LogP) is 3.29. The van der Waals surface area contributed by atoms with E-state index >= 15 is 0 Å². The van der Waals surface area contributed by atoms with Gasteiger partial charge in [0.2, 0.25) is 0 Å². The zero-order valence-corrected chi connectivity index (χ0v) is 14.6. The maximum atomic E-state index is 12.3. The van der Waals surface area contributed by atoms with E-state index in [0.29, 0.717) is 12.2 Å². The van der Waals surface area contributed by atoms with E-state index in [2.05, 4.69) is 13.8 Å². The number of carboxylic acids is 1. The molecule has 4 rings (SSSR count). The topological polar surface area (TPSA) is 77.1 Å². The van der Waals surface area contributed by atoms with Crippen molar-refractivity contribution >= 4 is 5.97 Å². The first-order valence-corrected chi connectivity index (χ1v) is 8.59. The molecule has 1 N–H and O–H groups in total. The van der Waals surface area contributed by atoms with Crippen molar-refractivity contribution in [2.75, 3.05) is 0 Å². The molecule has 2 aromatic heterocycles. The summed E-state index contributed by atoms with van der Waals surface area (Å²) in [5.41, 5.74) is 2.70. The Labute approximate surface area is 150 Å². The second kappa shape index (κ2) is 5.98. The molecule has 1 atom stereocenters. The monoisotopic (exact) mass is 349 g/mol. The van der Waals surface area contributed by atoms with Crippen molar-refractivity contribution in [3.63, 3.8) is 0 Å². The minimum atomic E-state index is -1.20. The standard InChI is InChI=1S/C20H19N3O3/c1-12(2)18-11-23-17(8-15(21-23)13-6-4-3-5-7-13)16-9-19(24)14(20(25)26)10-22(16)18/h3-10,12,18H,11H2,1-2H3,(H,25,26). The Hall–Kier alpha value is -3.15. The van der Waals surface area contributed by atoms with Gasteiger partial charge in [0.05, 0.1) is 29.7 Å². The Kier molecular flexibility index (Phi) is 3.76.